The highest BCUT2D eigenvalue weighted by Gasteiger charge is 2.32. The molecule has 0 radical (unpaired) electrons. The molecule has 0 amide bonds. The number of rotatable bonds is 2. The second-order valence-electron chi connectivity index (χ2n) is 2.39. The van der Waals surface area contributed by atoms with Crippen molar-refractivity contribution in [1.82, 2.24) is 4.98 Å². The van der Waals surface area contributed by atoms with Gasteiger partial charge in [-0.2, -0.15) is 0 Å². The first-order chi connectivity index (χ1) is 6.81. The van der Waals surface area contributed by atoms with Gasteiger partial charge in [0.1, 0.15) is 11.4 Å². The fraction of sp³-hybridized carbons (Fsp3) is 0.143. The number of ether oxygens (including phenoxy) is 1. The zero-order valence-corrected chi connectivity index (χ0v) is 7.76. The highest BCUT2D eigenvalue weighted by Crippen LogP contribution is 2.29. The summed E-state index contributed by atoms with van der Waals surface area (Å²) in [5.41, 5.74) is 4.18. The van der Waals surface area contributed by atoms with E-state index in [-0.39, 0.29) is 0 Å². The fourth-order valence-electron chi connectivity index (χ4n) is 0.826. The first-order valence-electron chi connectivity index (χ1n) is 3.51. The molecule has 1 aromatic heterocycles. The van der Waals surface area contributed by atoms with Crippen LogP contribution in [0.4, 0.5) is 18.9 Å². The molecular formula is C7H4ClF3N2O2. The number of nitrogens with two attached hydrogens (primary N) is 1. The van der Waals surface area contributed by atoms with E-state index in [0.29, 0.717) is 0 Å². The molecule has 82 valence electrons. The second-order valence-corrected chi connectivity index (χ2v) is 2.74. The highest BCUT2D eigenvalue weighted by molar-refractivity contribution is 6.68. The van der Waals surface area contributed by atoms with E-state index in [1.807, 2.05) is 0 Å². The molecule has 1 heterocycles. The normalized spacial score (nSPS) is 11.2. The maximum absolute atomic E-state index is 11.8. The molecule has 8 heteroatoms. The van der Waals surface area contributed by atoms with Crippen molar-refractivity contribution in [3.63, 3.8) is 0 Å². The third kappa shape index (κ3) is 2.98. The molecule has 0 bridgehead atoms. The smallest absolute Gasteiger partial charge is 0.403 e. The van der Waals surface area contributed by atoms with Gasteiger partial charge < -0.3 is 10.5 Å². The van der Waals surface area contributed by atoms with E-state index >= 15 is 0 Å². The van der Waals surface area contributed by atoms with Crippen LogP contribution in [-0.4, -0.2) is 16.6 Å². The van der Waals surface area contributed by atoms with Crippen molar-refractivity contribution in [3.05, 3.63) is 18.0 Å². The maximum atomic E-state index is 11.8. The van der Waals surface area contributed by atoms with Gasteiger partial charge in [0.15, 0.2) is 5.75 Å². The van der Waals surface area contributed by atoms with Crippen LogP contribution in [0.5, 0.6) is 5.75 Å². The van der Waals surface area contributed by atoms with Crippen LogP contribution in [0.25, 0.3) is 0 Å². The van der Waals surface area contributed by atoms with Crippen LogP contribution in [0.2, 0.25) is 0 Å². The zero-order valence-electron chi connectivity index (χ0n) is 7.01. The quantitative estimate of drug-likeness (QED) is 0.803. The molecule has 0 unspecified atom stereocenters. The van der Waals surface area contributed by atoms with Crippen molar-refractivity contribution < 1.29 is 22.7 Å². The molecule has 1 aromatic rings. The summed E-state index contributed by atoms with van der Waals surface area (Å²) in [4.78, 5) is 14.1. The monoisotopic (exact) mass is 240 g/mol. The van der Waals surface area contributed by atoms with Gasteiger partial charge in [0.05, 0.1) is 0 Å². The zero-order chi connectivity index (χ0) is 11.6. The molecule has 0 aromatic carbocycles. The van der Waals surface area contributed by atoms with Crippen LogP contribution < -0.4 is 10.5 Å². The summed E-state index contributed by atoms with van der Waals surface area (Å²) in [6.07, 6.45) is -3.95. The van der Waals surface area contributed by atoms with E-state index in [2.05, 4.69) is 9.72 Å². The number of carbonyl (C=O) groups excluding carboxylic acids is 1. The number of hydrogen-bond acceptors (Lipinski definition) is 4. The van der Waals surface area contributed by atoms with Crippen LogP contribution in [0.15, 0.2) is 12.3 Å². The molecule has 0 saturated carbocycles. The number of alkyl halides is 3. The van der Waals surface area contributed by atoms with Gasteiger partial charge in [-0.05, 0) is 11.6 Å². The molecule has 0 atom stereocenters. The Bertz CT molecular complexity index is 394. The molecule has 0 aliphatic heterocycles. The van der Waals surface area contributed by atoms with Crippen molar-refractivity contribution >= 4 is 22.5 Å². The summed E-state index contributed by atoms with van der Waals surface area (Å²) >= 11 is 5.03. The molecule has 0 aliphatic carbocycles. The van der Waals surface area contributed by atoms with E-state index in [1.165, 1.54) is 0 Å². The number of hydrogen-bond donors (Lipinski definition) is 1. The first kappa shape index (κ1) is 11.6. The van der Waals surface area contributed by atoms with E-state index in [9.17, 15) is 18.0 Å². The number of anilines is 1. The Balaban J connectivity index is 3.10. The van der Waals surface area contributed by atoms with Crippen LogP contribution in [-0.2, 0) is 0 Å². The standard InChI is InChI=1S/C7H4ClF3N2O2/c8-6(14)5-4(12)3(1-2-13-5)15-7(9,10)11/h1-2H,12H2. The number of halogens is 4. The molecule has 4 nitrogen and oxygen atoms in total. The van der Waals surface area contributed by atoms with Crippen LogP contribution in [0.3, 0.4) is 0 Å². The van der Waals surface area contributed by atoms with Gasteiger partial charge in [-0.25, -0.2) is 4.98 Å². The number of aromatic nitrogens is 1. The minimum absolute atomic E-state index is 0.474. The summed E-state index contributed by atoms with van der Waals surface area (Å²) in [6.45, 7) is 0. The van der Waals surface area contributed by atoms with Crippen molar-refractivity contribution in [2.75, 3.05) is 5.73 Å². The number of nitrogen functional groups attached to an aromatic ring is 1. The number of nitrogens with zero attached hydrogens (tertiary/aromatic N) is 1. The summed E-state index contributed by atoms with van der Waals surface area (Å²) in [5, 5.41) is -1.06. The summed E-state index contributed by atoms with van der Waals surface area (Å²) in [5.74, 6) is -0.707. The molecular weight excluding hydrogens is 237 g/mol. The van der Waals surface area contributed by atoms with E-state index < -0.39 is 28.7 Å². The minimum Gasteiger partial charge on any atom is -0.403 e. The lowest BCUT2D eigenvalue weighted by molar-refractivity contribution is -0.274. The third-order valence-corrected chi connectivity index (χ3v) is 1.54. The van der Waals surface area contributed by atoms with Gasteiger partial charge >= 0.3 is 6.36 Å². The summed E-state index contributed by atoms with van der Waals surface area (Å²) < 4.78 is 39.1. The van der Waals surface area contributed by atoms with Crippen LogP contribution in [0.1, 0.15) is 10.5 Å². The van der Waals surface area contributed by atoms with Gasteiger partial charge in [-0.3, -0.25) is 4.79 Å². The van der Waals surface area contributed by atoms with E-state index in [1.54, 1.807) is 0 Å². The molecule has 0 fully saturated rings. The molecule has 0 aliphatic rings. The largest absolute Gasteiger partial charge is 0.573 e. The third-order valence-electron chi connectivity index (χ3n) is 1.36. The Kier molecular flexibility index (Phi) is 3.04. The lowest BCUT2D eigenvalue weighted by Gasteiger charge is -2.11. The van der Waals surface area contributed by atoms with Crippen LogP contribution >= 0.6 is 11.6 Å². The highest BCUT2D eigenvalue weighted by atomic mass is 35.5. The van der Waals surface area contributed by atoms with Gasteiger partial charge in [-0.15, -0.1) is 13.2 Å². The van der Waals surface area contributed by atoms with Crippen LogP contribution in [0, 0.1) is 0 Å². The lowest BCUT2D eigenvalue weighted by atomic mass is 10.3. The summed E-state index contributed by atoms with van der Waals surface area (Å²) in [7, 11) is 0. The topological polar surface area (TPSA) is 65.2 Å². The number of pyridine rings is 1. The molecule has 0 spiro atoms. The average molecular weight is 241 g/mol. The second kappa shape index (κ2) is 3.93. The van der Waals surface area contributed by atoms with Gasteiger partial charge in [0.25, 0.3) is 5.24 Å². The Morgan fingerprint density at radius 2 is 2.13 bits per heavy atom. The van der Waals surface area contributed by atoms with Gasteiger partial charge in [0, 0.05) is 12.3 Å². The predicted molar refractivity (Wildman–Crippen MR) is 45.5 cm³/mol. The minimum atomic E-state index is -4.89. The Labute approximate surface area is 86.8 Å². The molecule has 0 saturated heterocycles. The number of carbonyl (C=O) groups is 1. The maximum Gasteiger partial charge on any atom is 0.573 e. The molecule has 2 N–H and O–H groups in total. The molecule has 15 heavy (non-hydrogen) atoms. The lowest BCUT2D eigenvalue weighted by Crippen LogP contribution is -2.18. The Morgan fingerprint density at radius 1 is 1.53 bits per heavy atom. The Hall–Kier alpha value is -1.50. The predicted octanol–water partition coefficient (Wildman–Crippen LogP) is 1.94. The average Bonchev–Trinajstić information content (AvgIpc) is 2.05. The van der Waals surface area contributed by atoms with E-state index in [0.717, 1.165) is 12.3 Å². The Morgan fingerprint density at radius 3 is 2.60 bits per heavy atom. The fourth-order valence-corrected chi connectivity index (χ4v) is 0.976. The first-order valence-corrected chi connectivity index (χ1v) is 3.89. The van der Waals surface area contributed by atoms with Gasteiger partial charge in [0.2, 0.25) is 0 Å². The molecule has 1 rings (SSSR count). The van der Waals surface area contributed by atoms with Crippen molar-refractivity contribution in [2.45, 2.75) is 6.36 Å². The van der Waals surface area contributed by atoms with E-state index in [4.69, 9.17) is 17.3 Å². The summed E-state index contributed by atoms with van der Waals surface area (Å²) in [6, 6.07) is 0.881. The van der Waals surface area contributed by atoms with Gasteiger partial charge in [-0.1, -0.05) is 0 Å². The van der Waals surface area contributed by atoms with Crippen molar-refractivity contribution in [3.8, 4) is 5.75 Å². The van der Waals surface area contributed by atoms with Crippen molar-refractivity contribution in [2.24, 2.45) is 0 Å². The SMILES string of the molecule is Nc1c(OC(F)(F)F)ccnc1C(=O)Cl. The van der Waals surface area contributed by atoms with Crippen molar-refractivity contribution in [1.29, 1.82) is 0 Å².